The summed E-state index contributed by atoms with van der Waals surface area (Å²) in [6.45, 7) is 1.69. The third-order valence-electron chi connectivity index (χ3n) is 6.17. The Labute approximate surface area is 219 Å². The van der Waals surface area contributed by atoms with E-state index in [1.165, 1.54) is 12.1 Å². The minimum absolute atomic E-state index is 0.279. The lowest BCUT2D eigenvalue weighted by Crippen LogP contribution is -2.62. The van der Waals surface area contributed by atoms with Gasteiger partial charge in [0.05, 0.1) is 18.0 Å². The maximum Gasteiger partial charge on any atom is 0.323 e. The van der Waals surface area contributed by atoms with E-state index in [0.717, 1.165) is 11.1 Å². The number of nitrogens with two attached hydrogens (primary N) is 1. The summed E-state index contributed by atoms with van der Waals surface area (Å²) in [6.07, 6.45) is 0.285. The van der Waals surface area contributed by atoms with Crippen LogP contribution in [0.15, 0.2) is 83.8 Å². The number of hydrogen-bond donors (Lipinski definition) is 1. The number of benzene rings is 3. The van der Waals surface area contributed by atoms with Gasteiger partial charge in [-0.15, -0.1) is 0 Å². The van der Waals surface area contributed by atoms with E-state index in [1.54, 1.807) is 18.2 Å². The first kappa shape index (κ1) is 26.9. The van der Waals surface area contributed by atoms with Crippen LogP contribution in [-0.4, -0.2) is 65.8 Å². The highest BCUT2D eigenvalue weighted by Crippen LogP contribution is 2.39. The fraction of sp³-hybridized carbons (Fsp3) is 0.321. The van der Waals surface area contributed by atoms with Crippen LogP contribution in [0.4, 0.5) is 4.39 Å². The van der Waals surface area contributed by atoms with E-state index in [9.17, 15) is 13.4 Å². The molecule has 0 amide bonds. The van der Waals surface area contributed by atoms with Gasteiger partial charge in [-0.25, -0.2) is 12.9 Å². The van der Waals surface area contributed by atoms with Crippen LogP contribution in [0.25, 0.3) is 0 Å². The Kier molecular flexibility index (Phi) is 8.71. The summed E-state index contributed by atoms with van der Waals surface area (Å²) >= 11 is 0. The van der Waals surface area contributed by atoms with Crippen molar-refractivity contribution in [3.8, 4) is 5.75 Å². The fourth-order valence-corrected chi connectivity index (χ4v) is 5.52. The number of carbonyl (C=O) groups excluding carboxylic acids is 1. The van der Waals surface area contributed by atoms with Gasteiger partial charge in [0.25, 0.3) is 0 Å². The Morgan fingerprint density at radius 3 is 2.46 bits per heavy atom. The molecule has 2 N–H and O–H groups in total. The van der Waals surface area contributed by atoms with Crippen LogP contribution in [-0.2, 0) is 32.5 Å². The number of nitrogens with zero attached hydrogens (tertiary/aromatic N) is 2. The number of likely N-dealkylation sites (N-methyl/N-ethyl adjacent to an activating group) is 1. The zero-order valence-corrected chi connectivity index (χ0v) is 21.8. The van der Waals surface area contributed by atoms with E-state index < -0.39 is 28.6 Å². The van der Waals surface area contributed by atoms with Crippen molar-refractivity contribution >= 4 is 17.0 Å². The summed E-state index contributed by atoms with van der Waals surface area (Å²) in [5, 5.41) is 0. The van der Waals surface area contributed by atoms with Crippen molar-refractivity contribution in [1.82, 2.24) is 9.21 Å². The Morgan fingerprint density at radius 2 is 1.78 bits per heavy atom. The topological polar surface area (TPSA) is 85.1 Å². The number of rotatable bonds is 11. The molecular weight excluding hydrogens is 493 g/mol. The van der Waals surface area contributed by atoms with Crippen LogP contribution < -0.4 is 10.5 Å². The fourth-order valence-electron chi connectivity index (χ4n) is 4.12. The predicted octanol–water partition coefficient (Wildman–Crippen LogP) is 3.11. The molecule has 0 aromatic heterocycles. The second kappa shape index (κ2) is 12.0. The van der Waals surface area contributed by atoms with E-state index >= 15 is 0 Å². The van der Waals surface area contributed by atoms with Gasteiger partial charge < -0.3 is 20.1 Å². The molecule has 2 atom stereocenters. The molecule has 7 nitrogen and oxygen atoms in total. The molecule has 0 bridgehead atoms. The maximum atomic E-state index is 13.4. The first-order valence-electron chi connectivity index (χ1n) is 12.1. The van der Waals surface area contributed by atoms with Gasteiger partial charge in [0.2, 0.25) is 0 Å². The predicted molar refractivity (Wildman–Crippen MR) is 141 cm³/mol. The van der Waals surface area contributed by atoms with E-state index in [4.69, 9.17) is 15.2 Å². The van der Waals surface area contributed by atoms with Crippen LogP contribution >= 0.6 is 0 Å². The minimum Gasteiger partial charge on any atom is -0.480 e. The molecule has 1 aliphatic heterocycles. The third-order valence-corrected chi connectivity index (χ3v) is 7.55. The molecule has 1 unspecified atom stereocenters. The average Bonchev–Trinajstić information content (AvgIpc) is 2.87. The molecule has 4 rings (SSSR count). The molecule has 196 valence electrons. The normalized spacial score (nSPS) is 16.6. The summed E-state index contributed by atoms with van der Waals surface area (Å²) in [5.74, 6) is -0.246. The number of halogens is 1. The Balaban J connectivity index is 1.42. The van der Waals surface area contributed by atoms with Crippen molar-refractivity contribution in [1.29, 1.82) is 0 Å². The molecular formula is C28H32FN3O4S. The molecule has 0 radical (unpaired) electrons. The molecule has 3 aromatic rings. The van der Waals surface area contributed by atoms with Crippen molar-refractivity contribution in [3.05, 3.63) is 95.8 Å². The largest absolute Gasteiger partial charge is 0.480 e. The SMILES string of the molecule is CN(C)CCOC(=O)[C@@H](N)Cc1cccc(S(=O)N2CC(Oc3ccc(F)cc3)(c3ccccc3)C2)c1. The van der Waals surface area contributed by atoms with Crippen LogP contribution in [0.3, 0.4) is 0 Å². The van der Waals surface area contributed by atoms with Crippen molar-refractivity contribution in [2.75, 3.05) is 40.3 Å². The number of carbonyl (C=O) groups is 1. The van der Waals surface area contributed by atoms with Crippen molar-refractivity contribution in [3.63, 3.8) is 0 Å². The number of hydrogen-bond acceptors (Lipinski definition) is 6. The highest BCUT2D eigenvalue weighted by molar-refractivity contribution is 7.82. The summed E-state index contributed by atoms with van der Waals surface area (Å²) in [6, 6.07) is 22.1. The molecule has 1 saturated heterocycles. The maximum absolute atomic E-state index is 13.4. The van der Waals surface area contributed by atoms with Crippen LogP contribution in [0.1, 0.15) is 11.1 Å². The highest BCUT2D eigenvalue weighted by Gasteiger charge is 2.49. The summed E-state index contributed by atoms with van der Waals surface area (Å²) in [4.78, 5) is 14.8. The van der Waals surface area contributed by atoms with Gasteiger partial charge in [0.15, 0.2) is 5.60 Å². The number of ether oxygens (including phenoxy) is 2. The quantitative estimate of drug-likeness (QED) is 0.388. The van der Waals surface area contributed by atoms with Gasteiger partial charge in [-0.2, -0.15) is 0 Å². The lowest BCUT2D eigenvalue weighted by atomic mass is 9.87. The van der Waals surface area contributed by atoms with Crippen LogP contribution in [0, 0.1) is 5.82 Å². The van der Waals surface area contributed by atoms with E-state index in [2.05, 4.69) is 0 Å². The highest BCUT2D eigenvalue weighted by atomic mass is 32.2. The standard InChI is InChI=1S/C28H32FN3O4S/c1-31(2)15-16-35-27(33)26(30)18-21-7-6-10-25(17-21)37(34)32-19-28(20-32,22-8-4-3-5-9-22)36-24-13-11-23(29)12-14-24/h3-14,17,26H,15-16,18-20,30H2,1-2H3/t26-,37?/m0/s1. The second-order valence-corrected chi connectivity index (χ2v) is 10.9. The molecule has 1 fully saturated rings. The van der Waals surface area contributed by atoms with Crippen LogP contribution in [0.5, 0.6) is 5.75 Å². The van der Waals surface area contributed by atoms with E-state index in [1.807, 2.05) is 71.8 Å². The molecule has 37 heavy (non-hydrogen) atoms. The van der Waals surface area contributed by atoms with Crippen molar-refractivity contribution in [2.45, 2.75) is 23.0 Å². The molecule has 1 heterocycles. The average molecular weight is 526 g/mol. The van der Waals surface area contributed by atoms with E-state index in [-0.39, 0.29) is 18.8 Å². The van der Waals surface area contributed by atoms with Gasteiger partial charge in [-0.1, -0.05) is 42.5 Å². The van der Waals surface area contributed by atoms with Gasteiger partial charge in [-0.05, 0) is 68.0 Å². The summed E-state index contributed by atoms with van der Waals surface area (Å²) < 4.78 is 40.2. The van der Waals surface area contributed by atoms with Gasteiger partial charge in [0, 0.05) is 6.54 Å². The Bertz CT molecular complexity index is 1220. The zero-order valence-electron chi connectivity index (χ0n) is 21.0. The second-order valence-electron chi connectivity index (χ2n) is 9.39. The molecule has 3 aromatic carbocycles. The Morgan fingerprint density at radius 1 is 1.08 bits per heavy atom. The lowest BCUT2D eigenvalue weighted by molar-refractivity contribution is -0.145. The zero-order chi connectivity index (χ0) is 26.4. The van der Waals surface area contributed by atoms with Gasteiger partial charge in [-0.3, -0.25) is 4.79 Å². The first-order chi connectivity index (χ1) is 17.8. The summed E-state index contributed by atoms with van der Waals surface area (Å²) in [7, 11) is 2.36. The molecule has 0 spiro atoms. The third kappa shape index (κ3) is 6.81. The molecule has 9 heteroatoms. The first-order valence-corrected chi connectivity index (χ1v) is 13.2. The Hall–Kier alpha value is -3.11. The smallest absolute Gasteiger partial charge is 0.323 e. The molecule has 0 saturated carbocycles. The van der Waals surface area contributed by atoms with Crippen molar-refractivity contribution < 1.29 is 22.9 Å². The summed E-state index contributed by atoms with van der Waals surface area (Å²) in [5.41, 5.74) is 7.12. The van der Waals surface area contributed by atoms with Gasteiger partial charge >= 0.3 is 5.97 Å². The minimum atomic E-state index is -1.44. The monoisotopic (exact) mass is 525 g/mol. The van der Waals surface area contributed by atoms with Crippen LogP contribution in [0.2, 0.25) is 0 Å². The van der Waals surface area contributed by atoms with E-state index in [0.29, 0.717) is 30.3 Å². The van der Waals surface area contributed by atoms with Crippen molar-refractivity contribution in [2.24, 2.45) is 5.73 Å². The molecule has 0 aliphatic carbocycles. The molecule has 1 aliphatic rings. The number of esters is 1. The van der Waals surface area contributed by atoms with Gasteiger partial charge in [0.1, 0.15) is 35.2 Å². The lowest BCUT2D eigenvalue weighted by Gasteiger charge is -2.48.